The van der Waals surface area contributed by atoms with Gasteiger partial charge in [0, 0.05) is 51.9 Å². The number of ether oxygens (including phenoxy) is 1. The Morgan fingerprint density at radius 2 is 1.73 bits per heavy atom. The van der Waals surface area contributed by atoms with Gasteiger partial charge in [-0.05, 0) is 36.5 Å². The van der Waals surface area contributed by atoms with Crippen molar-refractivity contribution < 1.29 is 47.8 Å². The smallest absolute Gasteiger partial charge is 0.396 e. The van der Waals surface area contributed by atoms with E-state index in [1.54, 1.807) is 6.92 Å². The van der Waals surface area contributed by atoms with Gasteiger partial charge in [-0.15, -0.1) is 0 Å². The number of carbonyl (C=O) groups is 3. The summed E-state index contributed by atoms with van der Waals surface area (Å²) in [6.45, 7) is 16.3. The fraction of sp³-hybridized carbons (Fsp3) is 0.833. The Morgan fingerprint density at radius 3 is 2.23 bits per heavy atom. The summed E-state index contributed by atoms with van der Waals surface area (Å²) >= 11 is 0. The number of nitrogens with zero attached hydrogens (tertiary/aromatic N) is 1. The van der Waals surface area contributed by atoms with Gasteiger partial charge in [-0.1, -0.05) is 61.8 Å². The minimum Gasteiger partial charge on any atom is -0.396 e. The van der Waals surface area contributed by atoms with Crippen molar-refractivity contribution in [1.29, 1.82) is 0 Å². The van der Waals surface area contributed by atoms with Crippen LogP contribution in [0, 0.1) is 16.7 Å². The molecule has 0 aromatic heterocycles. The maximum Gasteiger partial charge on any atom is 0.472 e. The highest BCUT2D eigenvalue weighted by atomic mass is 31.2. The molecule has 0 aliphatic rings. The van der Waals surface area contributed by atoms with E-state index in [0.29, 0.717) is 38.6 Å². The number of phosphoric acid groups is 1. The third-order valence-corrected chi connectivity index (χ3v) is 7.43. The first kappa shape index (κ1) is 44.3. The Kier molecular flexibility index (Phi) is 22.8. The average Bonchev–Trinajstić information content (AvgIpc) is 2.92. The lowest BCUT2D eigenvalue weighted by Crippen LogP contribution is -2.47. The van der Waals surface area contributed by atoms with Crippen LogP contribution in [0.2, 0.25) is 0 Å². The average molecular weight is 654 g/mol. The highest BCUT2D eigenvalue weighted by Gasteiger charge is 2.38. The molecule has 44 heavy (non-hydrogen) atoms. The SMILES string of the molecule is CC.CCC(OC)C(OP(=O)(O)OCC(CO)CCCCNC(=O)CC(C)(C)CC(C)(C)C)C(O)N(C)/C=C\C(=O)NC=O. The molecule has 13 nitrogen and oxygen atoms in total. The summed E-state index contributed by atoms with van der Waals surface area (Å²) in [6, 6.07) is 0. The Morgan fingerprint density at radius 1 is 1.11 bits per heavy atom. The molecule has 5 unspecified atom stereocenters. The molecule has 0 aromatic rings. The van der Waals surface area contributed by atoms with Crippen molar-refractivity contribution in [2.45, 2.75) is 112 Å². The zero-order valence-electron chi connectivity index (χ0n) is 28.5. The lowest BCUT2D eigenvalue weighted by Gasteiger charge is -2.34. The molecule has 0 heterocycles. The lowest BCUT2D eigenvalue weighted by atomic mass is 9.74. The van der Waals surface area contributed by atoms with Crippen LogP contribution in [0.1, 0.15) is 93.9 Å². The van der Waals surface area contributed by atoms with E-state index in [-0.39, 0.29) is 36.4 Å². The molecule has 5 atom stereocenters. The van der Waals surface area contributed by atoms with E-state index in [4.69, 9.17) is 13.8 Å². The molecule has 3 amide bonds. The zero-order valence-corrected chi connectivity index (χ0v) is 29.4. The van der Waals surface area contributed by atoms with Crippen molar-refractivity contribution in [1.82, 2.24) is 15.5 Å². The molecular weight excluding hydrogens is 593 g/mol. The molecule has 260 valence electrons. The van der Waals surface area contributed by atoms with Gasteiger partial charge in [0.25, 0.3) is 5.91 Å². The number of hydrogen-bond acceptors (Lipinski definition) is 10. The van der Waals surface area contributed by atoms with E-state index in [9.17, 15) is 34.1 Å². The van der Waals surface area contributed by atoms with Gasteiger partial charge in [0.15, 0.2) is 6.23 Å². The highest BCUT2D eigenvalue weighted by molar-refractivity contribution is 7.47. The number of phosphoric ester groups is 1. The van der Waals surface area contributed by atoms with Gasteiger partial charge < -0.3 is 30.1 Å². The Balaban J connectivity index is 0. The summed E-state index contributed by atoms with van der Waals surface area (Å²) in [5, 5.41) is 25.4. The summed E-state index contributed by atoms with van der Waals surface area (Å²) in [5.74, 6) is -1.19. The van der Waals surface area contributed by atoms with Crippen LogP contribution in [-0.4, -0.2) is 90.6 Å². The molecule has 0 spiro atoms. The number of amides is 3. The minimum absolute atomic E-state index is 0.00629. The first-order chi connectivity index (χ1) is 20.4. The van der Waals surface area contributed by atoms with Crippen LogP contribution in [0.15, 0.2) is 12.3 Å². The summed E-state index contributed by atoms with van der Waals surface area (Å²) in [7, 11) is -1.97. The van der Waals surface area contributed by atoms with E-state index in [0.717, 1.165) is 17.4 Å². The number of aliphatic hydroxyl groups is 2. The van der Waals surface area contributed by atoms with Crippen LogP contribution in [0.3, 0.4) is 0 Å². The van der Waals surface area contributed by atoms with Gasteiger partial charge in [-0.2, -0.15) is 0 Å². The second-order valence-corrected chi connectivity index (χ2v) is 13.9. The number of nitrogens with one attached hydrogen (secondary N) is 2. The Hall–Kier alpha value is -1.86. The number of likely N-dealkylation sites (N-methyl/N-ethyl adjacent to an activating group) is 1. The Labute approximate surface area is 264 Å². The molecule has 14 heteroatoms. The molecule has 0 aliphatic carbocycles. The number of carbonyl (C=O) groups excluding carboxylic acids is 3. The number of imide groups is 1. The third kappa shape index (κ3) is 21.0. The fourth-order valence-corrected chi connectivity index (χ4v) is 5.86. The van der Waals surface area contributed by atoms with Crippen molar-refractivity contribution >= 4 is 26.0 Å². The van der Waals surface area contributed by atoms with Gasteiger partial charge in [0.1, 0.15) is 6.10 Å². The molecule has 0 saturated carbocycles. The fourth-order valence-electron chi connectivity index (χ4n) is 4.85. The van der Waals surface area contributed by atoms with E-state index in [1.807, 2.05) is 19.2 Å². The monoisotopic (exact) mass is 653 g/mol. The van der Waals surface area contributed by atoms with Crippen LogP contribution in [0.4, 0.5) is 0 Å². The first-order valence-electron chi connectivity index (χ1n) is 15.3. The molecule has 0 aromatic carbocycles. The number of unbranched alkanes of at least 4 members (excludes halogenated alkanes) is 1. The molecule has 5 N–H and O–H groups in total. The van der Waals surface area contributed by atoms with Gasteiger partial charge >= 0.3 is 7.82 Å². The number of hydrogen-bond donors (Lipinski definition) is 5. The van der Waals surface area contributed by atoms with Gasteiger partial charge in [0.2, 0.25) is 12.3 Å². The quantitative estimate of drug-likeness (QED) is 0.0377. The lowest BCUT2D eigenvalue weighted by molar-refractivity contribution is -0.124. The largest absolute Gasteiger partial charge is 0.472 e. The molecular formula is C30H60N3O10P. The third-order valence-electron chi connectivity index (χ3n) is 6.44. The Bertz CT molecular complexity index is 891. The molecule has 0 saturated heterocycles. The maximum absolute atomic E-state index is 12.8. The number of rotatable bonds is 22. The minimum atomic E-state index is -4.72. The second-order valence-electron chi connectivity index (χ2n) is 12.5. The molecule has 0 aliphatic heterocycles. The van der Waals surface area contributed by atoms with Crippen molar-refractivity contribution in [3.8, 4) is 0 Å². The maximum atomic E-state index is 12.8. The topological polar surface area (TPSA) is 184 Å². The van der Waals surface area contributed by atoms with Crippen molar-refractivity contribution in [2.75, 3.05) is 33.9 Å². The van der Waals surface area contributed by atoms with Gasteiger partial charge in [0.05, 0.1) is 12.7 Å². The normalized spacial score (nSPS) is 16.1. The van der Waals surface area contributed by atoms with Crippen LogP contribution < -0.4 is 10.6 Å². The number of aliphatic hydroxyl groups excluding tert-OH is 2. The van der Waals surface area contributed by atoms with E-state index >= 15 is 0 Å². The van der Waals surface area contributed by atoms with Crippen molar-refractivity contribution in [3.05, 3.63) is 12.3 Å². The summed E-state index contributed by atoms with van der Waals surface area (Å²) in [5.41, 5.74) is 0.0134. The molecule has 0 fully saturated rings. The van der Waals surface area contributed by atoms with Crippen molar-refractivity contribution in [3.63, 3.8) is 0 Å². The standard InChI is InChI=1S/C28H54N3O10P.C2H6/c1-9-22(39-8)25(26(36)31(7)15-13-23(34)30-20-33)41-42(37,38)40-18-21(17-32)12-10-11-14-29-24(35)16-28(5,6)19-27(2,3)4;1-2/h13,15,20-22,25-26,32,36H,9-12,14,16-19H2,1-8H3,(H,29,35)(H,37,38)(H,30,33,34);1-2H3/b15-13-;. The van der Waals surface area contributed by atoms with Crippen LogP contribution in [0.25, 0.3) is 0 Å². The predicted molar refractivity (Wildman–Crippen MR) is 170 cm³/mol. The molecule has 0 rings (SSSR count). The van der Waals surface area contributed by atoms with Crippen molar-refractivity contribution in [2.24, 2.45) is 16.7 Å². The summed E-state index contributed by atoms with van der Waals surface area (Å²) in [4.78, 5) is 45.8. The summed E-state index contributed by atoms with van der Waals surface area (Å²) < 4.78 is 28.6. The van der Waals surface area contributed by atoms with E-state index in [2.05, 4.69) is 39.9 Å². The van der Waals surface area contributed by atoms with Crippen LogP contribution in [0.5, 0.6) is 0 Å². The van der Waals surface area contributed by atoms with Gasteiger partial charge in [-0.3, -0.25) is 28.7 Å². The zero-order chi connectivity index (χ0) is 34.6. The van der Waals surface area contributed by atoms with Gasteiger partial charge in [-0.25, -0.2) is 4.57 Å². The summed E-state index contributed by atoms with van der Waals surface area (Å²) in [6.07, 6.45) is 2.13. The van der Waals surface area contributed by atoms with Crippen LogP contribution >= 0.6 is 7.82 Å². The molecule has 0 radical (unpaired) electrons. The van der Waals surface area contributed by atoms with Crippen LogP contribution in [-0.2, 0) is 32.7 Å². The highest BCUT2D eigenvalue weighted by Crippen LogP contribution is 2.46. The number of methoxy groups -OCH3 is 1. The second kappa shape index (κ2) is 22.6. The van der Waals surface area contributed by atoms with E-state index < -0.39 is 38.1 Å². The first-order valence-corrected chi connectivity index (χ1v) is 16.8. The predicted octanol–water partition coefficient (Wildman–Crippen LogP) is 3.72. The van der Waals surface area contributed by atoms with E-state index in [1.165, 1.54) is 20.4 Å². The molecule has 0 bridgehead atoms.